The first kappa shape index (κ1) is 16.1. The van der Waals surface area contributed by atoms with Crippen LogP contribution in [0.1, 0.15) is 42.8 Å². The van der Waals surface area contributed by atoms with E-state index in [0.717, 1.165) is 12.1 Å². The first-order valence-corrected chi connectivity index (χ1v) is 7.20. The van der Waals surface area contributed by atoms with Crippen LogP contribution < -0.4 is 5.32 Å². The Morgan fingerprint density at radius 3 is 2.68 bits per heavy atom. The second kappa shape index (κ2) is 6.21. The standard InChI is InChI=1S/C15H23N5O2/c1-15(2,3)8-12-18-19-14(22-12)16-9-10-6-7-11(17-10)13(21)20(4)5/h6-7,17H,8-9H2,1-5H3,(H,16,19). The predicted octanol–water partition coefficient (Wildman–Crippen LogP) is 2.30. The molecule has 0 bridgehead atoms. The number of aromatic nitrogens is 3. The van der Waals surface area contributed by atoms with Gasteiger partial charge < -0.3 is 19.6 Å². The Kier molecular flexibility index (Phi) is 4.54. The summed E-state index contributed by atoms with van der Waals surface area (Å²) in [6.07, 6.45) is 0.728. The number of H-pyrrole nitrogens is 1. The van der Waals surface area contributed by atoms with Gasteiger partial charge in [0.2, 0.25) is 5.89 Å². The number of nitrogens with one attached hydrogen (secondary N) is 2. The molecule has 1 amide bonds. The Hall–Kier alpha value is -2.31. The van der Waals surface area contributed by atoms with Gasteiger partial charge in [-0.1, -0.05) is 25.9 Å². The van der Waals surface area contributed by atoms with Gasteiger partial charge in [-0.3, -0.25) is 4.79 Å². The summed E-state index contributed by atoms with van der Waals surface area (Å²) in [5.74, 6) is 0.557. The number of hydrogen-bond donors (Lipinski definition) is 2. The highest BCUT2D eigenvalue weighted by atomic mass is 16.4. The molecule has 120 valence electrons. The SMILES string of the molecule is CN(C)C(=O)c1ccc(CNc2nnc(CC(C)(C)C)o2)[nH]1. The van der Waals surface area contributed by atoms with Crippen LogP contribution in [0, 0.1) is 5.41 Å². The molecule has 7 heteroatoms. The van der Waals surface area contributed by atoms with Crippen molar-refractivity contribution in [3.63, 3.8) is 0 Å². The third kappa shape index (κ3) is 4.34. The van der Waals surface area contributed by atoms with Gasteiger partial charge in [0.05, 0.1) is 6.54 Å². The van der Waals surface area contributed by atoms with E-state index in [9.17, 15) is 4.79 Å². The minimum atomic E-state index is -0.0588. The quantitative estimate of drug-likeness (QED) is 0.885. The van der Waals surface area contributed by atoms with E-state index < -0.39 is 0 Å². The monoisotopic (exact) mass is 305 g/mol. The fourth-order valence-corrected chi connectivity index (χ4v) is 1.93. The number of anilines is 1. The van der Waals surface area contributed by atoms with Crippen LogP contribution >= 0.6 is 0 Å². The smallest absolute Gasteiger partial charge is 0.315 e. The van der Waals surface area contributed by atoms with Crippen LogP contribution in [0.4, 0.5) is 6.01 Å². The second-order valence-electron chi connectivity index (χ2n) is 6.69. The molecule has 22 heavy (non-hydrogen) atoms. The molecule has 0 aliphatic carbocycles. The molecule has 7 nitrogen and oxygen atoms in total. The van der Waals surface area contributed by atoms with Crippen molar-refractivity contribution in [2.45, 2.75) is 33.7 Å². The lowest BCUT2D eigenvalue weighted by Gasteiger charge is -2.14. The van der Waals surface area contributed by atoms with Crippen LogP contribution in [0.3, 0.4) is 0 Å². The Morgan fingerprint density at radius 1 is 1.32 bits per heavy atom. The molecule has 0 saturated heterocycles. The Labute approximate surface area is 130 Å². The van der Waals surface area contributed by atoms with Gasteiger partial charge >= 0.3 is 6.01 Å². The fraction of sp³-hybridized carbons (Fsp3) is 0.533. The fourth-order valence-electron chi connectivity index (χ4n) is 1.93. The zero-order valence-corrected chi connectivity index (χ0v) is 13.7. The first-order chi connectivity index (χ1) is 10.2. The third-order valence-corrected chi connectivity index (χ3v) is 2.96. The summed E-state index contributed by atoms with van der Waals surface area (Å²) in [5.41, 5.74) is 1.53. The molecule has 0 radical (unpaired) electrons. The molecule has 0 saturated carbocycles. The van der Waals surface area contributed by atoms with E-state index >= 15 is 0 Å². The molecule has 0 aliphatic rings. The molecule has 0 fully saturated rings. The van der Waals surface area contributed by atoms with Crippen molar-refractivity contribution < 1.29 is 9.21 Å². The van der Waals surface area contributed by atoms with E-state index in [2.05, 4.69) is 41.3 Å². The van der Waals surface area contributed by atoms with Gasteiger partial charge in [0.1, 0.15) is 5.69 Å². The maximum Gasteiger partial charge on any atom is 0.315 e. The number of rotatable bonds is 5. The lowest BCUT2D eigenvalue weighted by atomic mass is 9.92. The summed E-state index contributed by atoms with van der Waals surface area (Å²) in [7, 11) is 3.44. The molecule has 0 spiro atoms. The molecule has 0 aromatic carbocycles. The topological polar surface area (TPSA) is 87.1 Å². The van der Waals surface area contributed by atoms with Crippen molar-refractivity contribution in [2.24, 2.45) is 5.41 Å². The molecule has 2 N–H and O–H groups in total. The largest absolute Gasteiger partial charge is 0.408 e. The van der Waals surface area contributed by atoms with E-state index in [1.54, 1.807) is 20.2 Å². The Morgan fingerprint density at radius 2 is 2.05 bits per heavy atom. The highest BCUT2D eigenvalue weighted by Crippen LogP contribution is 2.20. The van der Waals surface area contributed by atoms with Crippen LogP contribution in [0.2, 0.25) is 0 Å². The number of carbonyl (C=O) groups is 1. The summed E-state index contributed by atoms with van der Waals surface area (Å²) in [6.45, 7) is 6.84. The summed E-state index contributed by atoms with van der Waals surface area (Å²) < 4.78 is 5.55. The normalized spacial score (nSPS) is 11.5. The maximum atomic E-state index is 11.8. The lowest BCUT2D eigenvalue weighted by molar-refractivity contribution is 0.0822. The summed E-state index contributed by atoms with van der Waals surface area (Å²) in [4.78, 5) is 16.4. The average molecular weight is 305 g/mol. The summed E-state index contributed by atoms with van der Waals surface area (Å²) in [6, 6.07) is 4.00. The maximum absolute atomic E-state index is 11.8. The van der Waals surface area contributed by atoms with Gasteiger partial charge in [-0.15, -0.1) is 5.10 Å². The van der Waals surface area contributed by atoms with Crippen LogP contribution in [-0.2, 0) is 13.0 Å². The van der Waals surface area contributed by atoms with E-state index in [0.29, 0.717) is 24.1 Å². The van der Waals surface area contributed by atoms with Crippen molar-refractivity contribution in [2.75, 3.05) is 19.4 Å². The number of amides is 1. The van der Waals surface area contributed by atoms with Crippen molar-refractivity contribution in [1.82, 2.24) is 20.1 Å². The predicted molar refractivity (Wildman–Crippen MR) is 83.6 cm³/mol. The molecular weight excluding hydrogens is 282 g/mol. The van der Waals surface area contributed by atoms with Crippen LogP contribution in [-0.4, -0.2) is 40.1 Å². The average Bonchev–Trinajstić information content (AvgIpc) is 3.02. The number of hydrogen-bond acceptors (Lipinski definition) is 5. The third-order valence-electron chi connectivity index (χ3n) is 2.96. The molecule has 2 aromatic rings. The minimum absolute atomic E-state index is 0.0588. The zero-order chi connectivity index (χ0) is 16.3. The van der Waals surface area contributed by atoms with Crippen molar-refractivity contribution >= 4 is 11.9 Å². The molecular formula is C15H23N5O2. The van der Waals surface area contributed by atoms with Gasteiger partial charge in [0.15, 0.2) is 0 Å². The first-order valence-electron chi connectivity index (χ1n) is 7.20. The highest BCUT2D eigenvalue weighted by molar-refractivity contribution is 5.92. The molecule has 2 heterocycles. The van der Waals surface area contributed by atoms with Gasteiger partial charge in [-0.25, -0.2) is 0 Å². The number of carbonyl (C=O) groups excluding carboxylic acids is 1. The number of aromatic amines is 1. The molecule has 0 aliphatic heterocycles. The molecule has 2 rings (SSSR count). The lowest BCUT2D eigenvalue weighted by Crippen LogP contribution is -2.22. The summed E-state index contributed by atoms with van der Waals surface area (Å²) >= 11 is 0. The van der Waals surface area contributed by atoms with Crippen LogP contribution in [0.25, 0.3) is 0 Å². The van der Waals surface area contributed by atoms with Crippen LogP contribution in [0.5, 0.6) is 0 Å². The van der Waals surface area contributed by atoms with E-state index in [1.165, 1.54) is 4.90 Å². The van der Waals surface area contributed by atoms with Gasteiger partial charge in [-0.2, -0.15) is 0 Å². The Bertz CT molecular complexity index is 636. The van der Waals surface area contributed by atoms with E-state index in [-0.39, 0.29) is 11.3 Å². The van der Waals surface area contributed by atoms with Crippen molar-refractivity contribution in [3.05, 3.63) is 29.4 Å². The minimum Gasteiger partial charge on any atom is -0.408 e. The van der Waals surface area contributed by atoms with Crippen LogP contribution in [0.15, 0.2) is 16.5 Å². The molecule has 0 unspecified atom stereocenters. The Balaban J connectivity index is 1.92. The molecule has 0 atom stereocenters. The van der Waals surface area contributed by atoms with E-state index in [4.69, 9.17) is 4.42 Å². The van der Waals surface area contributed by atoms with Gasteiger partial charge in [0, 0.05) is 26.2 Å². The second-order valence-corrected chi connectivity index (χ2v) is 6.69. The number of nitrogens with zero attached hydrogens (tertiary/aromatic N) is 3. The van der Waals surface area contributed by atoms with Gasteiger partial charge in [-0.05, 0) is 17.5 Å². The summed E-state index contributed by atoms with van der Waals surface area (Å²) in [5, 5.41) is 11.0. The van der Waals surface area contributed by atoms with Crippen molar-refractivity contribution in [1.29, 1.82) is 0 Å². The highest BCUT2D eigenvalue weighted by Gasteiger charge is 2.16. The van der Waals surface area contributed by atoms with Crippen molar-refractivity contribution in [3.8, 4) is 0 Å². The molecule has 2 aromatic heterocycles. The van der Waals surface area contributed by atoms with E-state index in [1.807, 2.05) is 6.07 Å². The van der Waals surface area contributed by atoms with Gasteiger partial charge in [0.25, 0.3) is 5.91 Å². The zero-order valence-electron chi connectivity index (χ0n) is 13.7.